The van der Waals surface area contributed by atoms with E-state index in [2.05, 4.69) is 43.1 Å². The van der Waals surface area contributed by atoms with Crippen LogP contribution in [0.4, 0.5) is 0 Å². The zero-order chi connectivity index (χ0) is 12.7. The van der Waals surface area contributed by atoms with Crippen LogP contribution in [0.5, 0.6) is 0 Å². The highest BCUT2D eigenvalue weighted by Crippen LogP contribution is 2.39. The molecule has 2 aliphatic heterocycles. The molecule has 100 valence electrons. The van der Waals surface area contributed by atoms with Gasteiger partial charge in [0.05, 0.1) is 0 Å². The van der Waals surface area contributed by atoms with Crippen molar-refractivity contribution >= 4 is 11.3 Å². The Morgan fingerprint density at radius 1 is 1.44 bits per heavy atom. The molecule has 0 saturated carbocycles. The van der Waals surface area contributed by atoms with Gasteiger partial charge in [0, 0.05) is 28.4 Å². The third kappa shape index (κ3) is 2.02. The second-order valence-corrected chi connectivity index (χ2v) is 7.05. The number of hydrogen-bond acceptors (Lipinski definition) is 3. The molecular weight excluding hydrogens is 240 g/mol. The SMILES string of the molecule is CCc1ccc(C(C)N2CC3CNCC3C2C)s1. The molecule has 0 spiro atoms. The zero-order valence-electron chi connectivity index (χ0n) is 11.6. The first-order chi connectivity index (χ1) is 8.70. The van der Waals surface area contributed by atoms with Gasteiger partial charge in [0.1, 0.15) is 0 Å². The monoisotopic (exact) mass is 264 g/mol. The molecule has 3 heterocycles. The number of rotatable bonds is 3. The van der Waals surface area contributed by atoms with Crippen molar-refractivity contribution in [1.82, 2.24) is 10.2 Å². The van der Waals surface area contributed by atoms with Crippen molar-refractivity contribution < 1.29 is 0 Å². The molecule has 0 aromatic carbocycles. The molecule has 0 bridgehead atoms. The van der Waals surface area contributed by atoms with Crippen molar-refractivity contribution in [3.8, 4) is 0 Å². The maximum atomic E-state index is 3.54. The van der Waals surface area contributed by atoms with Gasteiger partial charge in [-0.15, -0.1) is 11.3 Å². The first-order valence-corrected chi connectivity index (χ1v) is 8.07. The topological polar surface area (TPSA) is 15.3 Å². The van der Waals surface area contributed by atoms with Gasteiger partial charge in [-0.3, -0.25) is 4.90 Å². The lowest BCUT2D eigenvalue weighted by Gasteiger charge is -2.30. The van der Waals surface area contributed by atoms with E-state index in [4.69, 9.17) is 0 Å². The highest BCUT2D eigenvalue weighted by Gasteiger charge is 2.43. The Balaban J connectivity index is 1.74. The van der Waals surface area contributed by atoms with Crippen molar-refractivity contribution in [3.05, 3.63) is 21.9 Å². The summed E-state index contributed by atoms with van der Waals surface area (Å²) < 4.78 is 0. The van der Waals surface area contributed by atoms with Crippen LogP contribution < -0.4 is 5.32 Å². The molecule has 2 aliphatic rings. The molecule has 2 nitrogen and oxygen atoms in total. The minimum atomic E-state index is 0.593. The predicted molar refractivity (Wildman–Crippen MR) is 78.1 cm³/mol. The van der Waals surface area contributed by atoms with Crippen molar-refractivity contribution in [1.29, 1.82) is 0 Å². The number of likely N-dealkylation sites (tertiary alicyclic amines) is 1. The first-order valence-electron chi connectivity index (χ1n) is 7.25. The van der Waals surface area contributed by atoms with E-state index in [-0.39, 0.29) is 0 Å². The molecule has 4 unspecified atom stereocenters. The van der Waals surface area contributed by atoms with Crippen LogP contribution in [0, 0.1) is 11.8 Å². The van der Waals surface area contributed by atoms with Crippen LogP contribution in [0.3, 0.4) is 0 Å². The molecule has 4 atom stereocenters. The van der Waals surface area contributed by atoms with Crippen molar-refractivity contribution in [2.24, 2.45) is 11.8 Å². The molecule has 3 heteroatoms. The van der Waals surface area contributed by atoms with Gasteiger partial charge < -0.3 is 5.32 Å². The second kappa shape index (κ2) is 4.95. The minimum Gasteiger partial charge on any atom is -0.316 e. The smallest absolute Gasteiger partial charge is 0.0416 e. The summed E-state index contributed by atoms with van der Waals surface area (Å²) in [5.41, 5.74) is 0. The lowest BCUT2D eigenvalue weighted by molar-refractivity contribution is 0.185. The lowest BCUT2D eigenvalue weighted by Crippen LogP contribution is -2.34. The van der Waals surface area contributed by atoms with Gasteiger partial charge in [-0.2, -0.15) is 0 Å². The normalized spacial score (nSPS) is 33.8. The van der Waals surface area contributed by atoms with Gasteiger partial charge in [0.25, 0.3) is 0 Å². The molecule has 0 aliphatic carbocycles. The number of aryl methyl sites for hydroxylation is 1. The van der Waals surface area contributed by atoms with E-state index in [1.807, 2.05) is 11.3 Å². The fourth-order valence-corrected chi connectivity index (χ4v) is 4.71. The third-order valence-corrected chi connectivity index (χ3v) is 6.32. The molecule has 2 fully saturated rings. The van der Waals surface area contributed by atoms with E-state index in [1.54, 1.807) is 4.88 Å². The van der Waals surface area contributed by atoms with Crippen LogP contribution in [-0.4, -0.2) is 30.6 Å². The molecule has 3 rings (SSSR count). The van der Waals surface area contributed by atoms with Gasteiger partial charge in [-0.1, -0.05) is 6.92 Å². The summed E-state index contributed by atoms with van der Waals surface area (Å²) in [4.78, 5) is 5.79. The Bertz CT molecular complexity index is 414. The predicted octanol–water partition coefficient (Wildman–Crippen LogP) is 2.91. The average Bonchev–Trinajstić information content (AvgIpc) is 3.06. The fourth-order valence-electron chi connectivity index (χ4n) is 3.68. The van der Waals surface area contributed by atoms with E-state index in [9.17, 15) is 0 Å². The molecule has 18 heavy (non-hydrogen) atoms. The zero-order valence-corrected chi connectivity index (χ0v) is 12.5. The summed E-state index contributed by atoms with van der Waals surface area (Å²) in [5, 5.41) is 3.54. The Hall–Kier alpha value is -0.380. The van der Waals surface area contributed by atoms with E-state index < -0.39 is 0 Å². The largest absolute Gasteiger partial charge is 0.316 e. The molecule has 0 amide bonds. The van der Waals surface area contributed by atoms with E-state index in [1.165, 1.54) is 30.9 Å². The highest BCUT2D eigenvalue weighted by molar-refractivity contribution is 7.12. The Morgan fingerprint density at radius 2 is 2.28 bits per heavy atom. The Labute approximate surface area is 114 Å². The number of hydrogen-bond donors (Lipinski definition) is 1. The molecular formula is C15H24N2S. The summed E-state index contributed by atoms with van der Waals surface area (Å²) in [6.45, 7) is 10.8. The standard InChI is InChI=1S/C15H24N2S/c1-4-13-5-6-15(18-13)11(3)17-9-12-7-16-8-14(12)10(17)2/h5-6,10-12,14,16H,4,7-9H2,1-3H3. The summed E-state index contributed by atoms with van der Waals surface area (Å²) >= 11 is 2.00. The second-order valence-electron chi connectivity index (χ2n) is 5.85. The van der Waals surface area contributed by atoms with Gasteiger partial charge in [0.2, 0.25) is 0 Å². The molecule has 1 aromatic rings. The van der Waals surface area contributed by atoms with Gasteiger partial charge >= 0.3 is 0 Å². The van der Waals surface area contributed by atoms with E-state index in [0.29, 0.717) is 6.04 Å². The quantitative estimate of drug-likeness (QED) is 0.903. The molecule has 2 saturated heterocycles. The molecule has 1 N–H and O–H groups in total. The van der Waals surface area contributed by atoms with E-state index >= 15 is 0 Å². The van der Waals surface area contributed by atoms with Crippen LogP contribution in [-0.2, 0) is 6.42 Å². The van der Waals surface area contributed by atoms with Gasteiger partial charge in [-0.05, 0) is 57.3 Å². The first kappa shape index (κ1) is 12.6. The van der Waals surface area contributed by atoms with Crippen LogP contribution in [0.25, 0.3) is 0 Å². The number of thiophene rings is 1. The maximum Gasteiger partial charge on any atom is 0.0416 e. The average molecular weight is 264 g/mol. The summed E-state index contributed by atoms with van der Waals surface area (Å²) in [5.74, 6) is 1.76. The van der Waals surface area contributed by atoms with Gasteiger partial charge in [0.15, 0.2) is 0 Å². The summed E-state index contributed by atoms with van der Waals surface area (Å²) in [6.07, 6.45) is 1.17. The van der Waals surface area contributed by atoms with Crippen LogP contribution in [0.1, 0.15) is 36.6 Å². The van der Waals surface area contributed by atoms with E-state index in [0.717, 1.165) is 17.9 Å². The van der Waals surface area contributed by atoms with Crippen molar-refractivity contribution in [2.75, 3.05) is 19.6 Å². The fraction of sp³-hybridized carbons (Fsp3) is 0.733. The third-order valence-electron chi connectivity index (χ3n) is 4.92. The summed E-state index contributed by atoms with van der Waals surface area (Å²) in [7, 11) is 0. The van der Waals surface area contributed by atoms with Gasteiger partial charge in [-0.25, -0.2) is 0 Å². The van der Waals surface area contributed by atoms with Crippen LogP contribution in [0.2, 0.25) is 0 Å². The number of fused-ring (bicyclic) bond motifs is 1. The Morgan fingerprint density at radius 3 is 2.94 bits per heavy atom. The maximum absolute atomic E-state index is 3.54. The highest BCUT2D eigenvalue weighted by atomic mass is 32.1. The number of nitrogens with one attached hydrogen (secondary N) is 1. The number of nitrogens with zero attached hydrogens (tertiary/aromatic N) is 1. The Kier molecular flexibility index (Phi) is 3.48. The van der Waals surface area contributed by atoms with Crippen LogP contribution in [0.15, 0.2) is 12.1 Å². The van der Waals surface area contributed by atoms with Crippen molar-refractivity contribution in [2.45, 2.75) is 39.3 Å². The molecule has 0 radical (unpaired) electrons. The van der Waals surface area contributed by atoms with Crippen molar-refractivity contribution in [3.63, 3.8) is 0 Å². The van der Waals surface area contributed by atoms with Crippen LogP contribution >= 0.6 is 11.3 Å². The lowest BCUT2D eigenvalue weighted by atomic mass is 9.95. The summed E-state index contributed by atoms with van der Waals surface area (Å²) in [6, 6.07) is 5.97. The minimum absolute atomic E-state index is 0.593. The molecule has 1 aromatic heterocycles.